The van der Waals surface area contributed by atoms with E-state index >= 15 is 0 Å². The molecule has 0 aromatic heterocycles. The summed E-state index contributed by atoms with van der Waals surface area (Å²) < 4.78 is 5.23. The minimum Gasteiger partial charge on any atom is -0.456 e. The predicted molar refractivity (Wildman–Crippen MR) is 148 cm³/mol. The predicted octanol–water partition coefficient (Wildman–Crippen LogP) is 3.50. The van der Waals surface area contributed by atoms with Gasteiger partial charge in [0.1, 0.15) is 23.1 Å². The van der Waals surface area contributed by atoms with E-state index in [9.17, 15) is 34.5 Å². The summed E-state index contributed by atoms with van der Waals surface area (Å²) in [6, 6.07) is 0. The Morgan fingerprint density at radius 3 is 2.23 bits per heavy atom. The standard InChI is InChI=1S/C32H46O8/c1-17(33)40-27(2,3)13-12-23(36)32(9,39)25-21(35)15-29(6)22-11-10-18-19(14-20(34)26(38)28(18,4)5)31(22,8)24(37)16-30(25,29)7/h10,12-13,19-22,25,34-35,39H,11,14-16H2,1-9H3/b13-12+/t19?,20?,21-,22?,25+,29+,30-,31+,32+/m1/s1. The summed E-state index contributed by atoms with van der Waals surface area (Å²) in [5.74, 6) is -2.85. The summed E-state index contributed by atoms with van der Waals surface area (Å²) in [4.78, 5) is 52.1. The number of allylic oxidation sites excluding steroid dienone is 2. The van der Waals surface area contributed by atoms with E-state index in [-0.39, 0.29) is 36.2 Å². The van der Waals surface area contributed by atoms with E-state index in [4.69, 9.17) is 4.74 Å². The Bertz CT molecular complexity index is 1210. The maximum atomic E-state index is 14.3. The van der Waals surface area contributed by atoms with Crippen LogP contribution in [-0.2, 0) is 23.9 Å². The largest absolute Gasteiger partial charge is 0.456 e. The van der Waals surface area contributed by atoms with E-state index in [1.54, 1.807) is 13.8 Å². The number of carbonyl (C=O) groups excluding carboxylic acids is 4. The summed E-state index contributed by atoms with van der Waals surface area (Å²) in [5.41, 5.74) is -5.43. The normalized spacial score (nSPS) is 42.4. The van der Waals surface area contributed by atoms with E-state index < -0.39 is 62.7 Å². The van der Waals surface area contributed by atoms with Crippen LogP contribution >= 0.6 is 0 Å². The Kier molecular flexibility index (Phi) is 7.06. The SMILES string of the molecule is CC(=O)OC(C)(C)/C=C/C(=O)[C@](C)(O)[C@H]1[C@H](O)C[C@@]2(C)C3CC=C4C(CC(O)C(=O)C4(C)C)[C@]3(C)C(=O)C[C@]12C. The van der Waals surface area contributed by atoms with Crippen LogP contribution in [-0.4, -0.2) is 62.0 Å². The third-order valence-corrected chi connectivity index (χ3v) is 11.5. The lowest BCUT2D eigenvalue weighted by Gasteiger charge is -2.64. The number of esters is 1. The number of ketones is 3. The Morgan fingerprint density at radius 2 is 1.65 bits per heavy atom. The fourth-order valence-electron chi connectivity index (χ4n) is 9.40. The minimum atomic E-state index is -1.99. The number of aliphatic hydroxyl groups excluding tert-OH is 2. The van der Waals surface area contributed by atoms with Crippen LogP contribution < -0.4 is 0 Å². The molecule has 0 heterocycles. The smallest absolute Gasteiger partial charge is 0.303 e. The summed E-state index contributed by atoms with van der Waals surface area (Å²) in [6.45, 7) is 15.4. The van der Waals surface area contributed by atoms with Gasteiger partial charge < -0.3 is 20.1 Å². The number of hydrogen-bond acceptors (Lipinski definition) is 8. The van der Waals surface area contributed by atoms with Crippen molar-refractivity contribution in [2.45, 2.75) is 111 Å². The van der Waals surface area contributed by atoms with Crippen LogP contribution in [0.1, 0.15) is 88.0 Å². The first-order valence-corrected chi connectivity index (χ1v) is 14.4. The number of carbonyl (C=O) groups is 4. The molecule has 40 heavy (non-hydrogen) atoms. The number of fused-ring (bicyclic) bond motifs is 5. The van der Waals surface area contributed by atoms with Crippen LogP contribution in [0, 0.1) is 39.4 Å². The van der Waals surface area contributed by atoms with Crippen molar-refractivity contribution in [3.8, 4) is 0 Å². The van der Waals surface area contributed by atoms with Gasteiger partial charge in [-0.2, -0.15) is 0 Å². The van der Waals surface area contributed by atoms with Gasteiger partial charge in [-0.05, 0) is 88.7 Å². The molecule has 4 aliphatic rings. The Morgan fingerprint density at radius 1 is 1.05 bits per heavy atom. The third-order valence-electron chi connectivity index (χ3n) is 11.5. The van der Waals surface area contributed by atoms with Crippen molar-refractivity contribution in [2.75, 3.05) is 0 Å². The highest BCUT2D eigenvalue weighted by atomic mass is 16.6. The highest BCUT2D eigenvalue weighted by Crippen LogP contribution is 2.74. The first-order valence-electron chi connectivity index (χ1n) is 14.4. The first kappa shape index (κ1) is 30.8. The second-order valence-corrected chi connectivity index (χ2v) is 14.8. The molecule has 3 fully saturated rings. The molecule has 222 valence electrons. The van der Waals surface area contributed by atoms with E-state index in [0.29, 0.717) is 12.8 Å². The summed E-state index contributed by atoms with van der Waals surface area (Å²) in [5, 5.41) is 34.0. The number of rotatable bonds is 5. The van der Waals surface area contributed by atoms with Crippen LogP contribution in [0.15, 0.2) is 23.8 Å². The van der Waals surface area contributed by atoms with Crippen LogP contribution in [0.4, 0.5) is 0 Å². The van der Waals surface area contributed by atoms with Gasteiger partial charge in [0.2, 0.25) is 0 Å². The van der Waals surface area contributed by atoms with Crippen LogP contribution in [0.25, 0.3) is 0 Å². The molecule has 0 spiro atoms. The molecule has 8 nitrogen and oxygen atoms in total. The topological polar surface area (TPSA) is 138 Å². The molecular formula is C32H46O8. The molecule has 9 atom stereocenters. The zero-order valence-electron chi connectivity index (χ0n) is 25.3. The van der Waals surface area contributed by atoms with Gasteiger partial charge in [-0.3, -0.25) is 19.2 Å². The number of ether oxygens (including phenoxy) is 1. The zero-order valence-corrected chi connectivity index (χ0v) is 25.3. The molecular weight excluding hydrogens is 512 g/mol. The number of Topliss-reactive ketones (excluding diaryl/α,β-unsaturated/α-hetero) is 2. The van der Waals surface area contributed by atoms with Crippen molar-refractivity contribution in [1.82, 2.24) is 0 Å². The molecule has 4 rings (SSSR count). The fourth-order valence-corrected chi connectivity index (χ4v) is 9.40. The molecule has 0 radical (unpaired) electrons. The lowest BCUT2D eigenvalue weighted by Crippen LogP contribution is -2.65. The van der Waals surface area contributed by atoms with Gasteiger partial charge in [0, 0.05) is 30.1 Å². The van der Waals surface area contributed by atoms with Crippen molar-refractivity contribution in [2.24, 2.45) is 39.4 Å². The van der Waals surface area contributed by atoms with Crippen molar-refractivity contribution < 1.29 is 39.2 Å². The molecule has 0 aromatic carbocycles. The monoisotopic (exact) mass is 558 g/mol. The maximum absolute atomic E-state index is 14.3. The molecule has 3 unspecified atom stereocenters. The van der Waals surface area contributed by atoms with Gasteiger partial charge in [-0.15, -0.1) is 0 Å². The molecule has 3 saturated carbocycles. The van der Waals surface area contributed by atoms with Crippen LogP contribution in [0.2, 0.25) is 0 Å². The average molecular weight is 559 g/mol. The molecule has 0 aromatic rings. The molecule has 0 aliphatic heterocycles. The summed E-state index contributed by atoms with van der Waals surface area (Å²) in [6.07, 6.45) is 3.55. The molecule has 0 amide bonds. The second kappa shape index (κ2) is 9.17. The lowest BCUT2D eigenvalue weighted by molar-refractivity contribution is -0.183. The summed E-state index contributed by atoms with van der Waals surface area (Å²) >= 11 is 0. The van der Waals surface area contributed by atoms with Crippen LogP contribution in [0.3, 0.4) is 0 Å². The molecule has 0 bridgehead atoms. The van der Waals surface area contributed by atoms with E-state index in [2.05, 4.69) is 13.0 Å². The van der Waals surface area contributed by atoms with Gasteiger partial charge in [0.05, 0.1) is 6.10 Å². The Labute approximate surface area is 237 Å². The highest BCUT2D eigenvalue weighted by Gasteiger charge is 2.74. The van der Waals surface area contributed by atoms with Crippen molar-refractivity contribution in [3.63, 3.8) is 0 Å². The van der Waals surface area contributed by atoms with Gasteiger partial charge in [0.15, 0.2) is 11.6 Å². The van der Waals surface area contributed by atoms with Crippen molar-refractivity contribution in [3.05, 3.63) is 23.8 Å². The van der Waals surface area contributed by atoms with E-state index in [1.807, 2.05) is 27.7 Å². The highest BCUT2D eigenvalue weighted by molar-refractivity contribution is 5.98. The molecule has 8 heteroatoms. The number of aliphatic hydroxyl groups is 3. The minimum absolute atomic E-state index is 0.0284. The van der Waals surface area contributed by atoms with Crippen molar-refractivity contribution in [1.29, 1.82) is 0 Å². The lowest BCUT2D eigenvalue weighted by atomic mass is 9.38. The molecule has 3 N–H and O–H groups in total. The summed E-state index contributed by atoms with van der Waals surface area (Å²) in [7, 11) is 0. The van der Waals surface area contributed by atoms with Gasteiger partial charge in [-0.1, -0.05) is 32.4 Å². The molecule has 0 saturated heterocycles. The number of hydrogen-bond donors (Lipinski definition) is 3. The van der Waals surface area contributed by atoms with E-state index in [0.717, 1.165) is 5.57 Å². The van der Waals surface area contributed by atoms with Crippen molar-refractivity contribution >= 4 is 23.3 Å². The van der Waals surface area contributed by atoms with Gasteiger partial charge in [0.25, 0.3) is 0 Å². The molecule has 4 aliphatic carbocycles. The Hall–Kier alpha value is -2.16. The van der Waals surface area contributed by atoms with Gasteiger partial charge in [-0.25, -0.2) is 0 Å². The van der Waals surface area contributed by atoms with E-state index in [1.165, 1.54) is 26.0 Å². The third kappa shape index (κ3) is 4.11. The quantitative estimate of drug-likeness (QED) is 0.265. The van der Waals surface area contributed by atoms with Gasteiger partial charge >= 0.3 is 5.97 Å². The zero-order chi connectivity index (χ0) is 30.4. The first-order chi connectivity index (χ1) is 18.1. The second-order valence-electron chi connectivity index (χ2n) is 14.8. The maximum Gasteiger partial charge on any atom is 0.303 e. The fraction of sp³-hybridized carbons (Fsp3) is 0.750. The average Bonchev–Trinajstić information content (AvgIpc) is 3.01. The Balaban J connectivity index is 1.75. The van der Waals surface area contributed by atoms with Crippen LogP contribution in [0.5, 0.6) is 0 Å².